The van der Waals surface area contributed by atoms with Crippen molar-refractivity contribution < 1.29 is 9.53 Å². The van der Waals surface area contributed by atoms with E-state index in [-0.39, 0.29) is 11.4 Å². The number of carbonyl (C=O) groups excluding carboxylic acids is 1. The highest BCUT2D eigenvalue weighted by Crippen LogP contribution is 2.51. The van der Waals surface area contributed by atoms with Gasteiger partial charge in [-0.2, -0.15) is 0 Å². The fourth-order valence-electron chi connectivity index (χ4n) is 2.36. The van der Waals surface area contributed by atoms with Gasteiger partial charge >= 0.3 is 5.97 Å². The molecule has 3 heteroatoms. The zero-order valence-corrected chi connectivity index (χ0v) is 8.14. The highest BCUT2D eigenvalue weighted by Gasteiger charge is 2.56. The second-order valence-corrected chi connectivity index (χ2v) is 4.15. The maximum atomic E-state index is 11.5. The summed E-state index contributed by atoms with van der Waals surface area (Å²) in [6, 6.07) is 0.383. The Labute approximate surface area is 78.8 Å². The average Bonchev–Trinajstić information content (AvgIpc) is 2.99. The minimum atomic E-state index is -0.144. The van der Waals surface area contributed by atoms with E-state index in [1.54, 1.807) is 0 Å². The van der Waals surface area contributed by atoms with E-state index in [0.717, 1.165) is 25.8 Å². The molecule has 1 unspecified atom stereocenters. The van der Waals surface area contributed by atoms with Gasteiger partial charge in [0.1, 0.15) is 0 Å². The summed E-state index contributed by atoms with van der Waals surface area (Å²) in [5.74, 6) is -0.00750. The molecular weight excluding hydrogens is 166 g/mol. The Hall–Kier alpha value is -0.570. The van der Waals surface area contributed by atoms with Gasteiger partial charge < -0.3 is 10.1 Å². The van der Waals surface area contributed by atoms with Gasteiger partial charge in [0, 0.05) is 6.04 Å². The van der Waals surface area contributed by atoms with Crippen molar-refractivity contribution in [2.45, 2.75) is 38.1 Å². The zero-order chi connectivity index (χ0) is 9.31. The number of carbonyl (C=O) groups is 1. The lowest BCUT2D eigenvalue weighted by Gasteiger charge is -2.29. The molecule has 2 rings (SSSR count). The van der Waals surface area contributed by atoms with Gasteiger partial charge in [-0.1, -0.05) is 6.42 Å². The van der Waals surface area contributed by atoms with Crippen LogP contribution in [0.1, 0.15) is 32.1 Å². The van der Waals surface area contributed by atoms with Crippen molar-refractivity contribution in [2.24, 2.45) is 5.41 Å². The SMILES string of the molecule is COC(=O)C1(C2CCCCN2)CC1. The zero-order valence-electron chi connectivity index (χ0n) is 8.14. The first-order valence-corrected chi connectivity index (χ1v) is 5.11. The number of methoxy groups -OCH3 is 1. The fraction of sp³-hybridized carbons (Fsp3) is 0.900. The molecule has 0 aromatic heterocycles. The number of hydrogen-bond acceptors (Lipinski definition) is 3. The largest absolute Gasteiger partial charge is 0.469 e. The third-order valence-electron chi connectivity index (χ3n) is 3.36. The van der Waals surface area contributed by atoms with Gasteiger partial charge in [-0.25, -0.2) is 0 Å². The molecule has 0 bridgehead atoms. The Kier molecular flexibility index (Phi) is 2.28. The molecule has 1 aliphatic carbocycles. The topological polar surface area (TPSA) is 38.3 Å². The summed E-state index contributed by atoms with van der Waals surface area (Å²) in [6.45, 7) is 1.06. The summed E-state index contributed by atoms with van der Waals surface area (Å²) < 4.78 is 4.85. The normalized spacial score (nSPS) is 31.0. The predicted octanol–water partition coefficient (Wildman–Crippen LogP) is 1.08. The number of rotatable bonds is 2. The van der Waals surface area contributed by atoms with Crippen molar-refractivity contribution in [3.63, 3.8) is 0 Å². The Balaban J connectivity index is 2.01. The van der Waals surface area contributed by atoms with Crippen molar-refractivity contribution in [1.82, 2.24) is 5.32 Å². The van der Waals surface area contributed by atoms with E-state index in [9.17, 15) is 4.79 Å². The van der Waals surface area contributed by atoms with E-state index in [4.69, 9.17) is 4.74 Å². The summed E-state index contributed by atoms with van der Waals surface area (Å²) in [5.41, 5.74) is -0.144. The molecule has 0 amide bonds. The Morgan fingerprint density at radius 3 is 2.69 bits per heavy atom. The maximum absolute atomic E-state index is 11.5. The molecule has 74 valence electrons. The van der Waals surface area contributed by atoms with Crippen LogP contribution in [0.5, 0.6) is 0 Å². The van der Waals surface area contributed by atoms with Crippen LogP contribution in [0.15, 0.2) is 0 Å². The molecule has 1 saturated heterocycles. The van der Waals surface area contributed by atoms with Crippen LogP contribution in [0, 0.1) is 5.41 Å². The standard InChI is InChI=1S/C10H17NO2/c1-13-9(12)10(5-6-10)8-4-2-3-7-11-8/h8,11H,2-7H2,1H3. The van der Waals surface area contributed by atoms with E-state index in [0.29, 0.717) is 6.04 Å². The predicted molar refractivity (Wildman–Crippen MR) is 49.3 cm³/mol. The molecule has 1 saturated carbocycles. The maximum Gasteiger partial charge on any atom is 0.313 e. The fourth-order valence-corrected chi connectivity index (χ4v) is 2.36. The second-order valence-electron chi connectivity index (χ2n) is 4.15. The molecule has 2 fully saturated rings. The van der Waals surface area contributed by atoms with Crippen LogP contribution in [0.2, 0.25) is 0 Å². The van der Waals surface area contributed by atoms with Crippen LogP contribution in [-0.2, 0) is 9.53 Å². The van der Waals surface area contributed by atoms with Crippen LogP contribution >= 0.6 is 0 Å². The summed E-state index contributed by atoms with van der Waals surface area (Å²) in [6.07, 6.45) is 5.65. The number of ether oxygens (including phenoxy) is 1. The van der Waals surface area contributed by atoms with E-state index < -0.39 is 0 Å². The minimum Gasteiger partial charge on any atom is -0.469 e. The summed E-state index contributed by atoms with van der Waals surface area (Å²) in [5, 5.41) is 3.44. The van der Waals surface area contributed by atoms with Crippen molar-refractivity contribution >= 4 is 5.97 Å². The van der Waals surface area contributed by atoms with Crippen molar-refractivity contribution in [2.75, 3.05) is 13.7 Å². The molecule has 3 nitrogen and oxygen atoms in total. The number of esters is 1. The highest BCUT2D eigenvalue weighted by atomic mass is 16.5. The lowest BCUT2D eigenvalue weighted by Crippen LogP contribution is -2.45. The molecule has 0 aromatic rings. The number of piperidine rings is 1. The summed E-state index contributed by atoms with van der Waals surface area (Å²) in [4.78, 5) is 11.5. The molecule has 1 heterocycles. The molecule has 2 aliphatic rings. The molecule has 13 heavy (non-hydrogen) atoms. The van der Waals surface area contributed by atoms with E-state index in [2.05, 4.69) is 5.32 Å². The molecule has 0 radical (unpaired) electrons. The lowest BCUT2D eigenvalue weighted by atomic mass is 9.89. The van der Waals surface area contributed by atoms with Crippen LogP contribution in [-0.4, -0.2) is 25.7 Å². The van der Waals surface area contributed by atoms with Crippen molar-refractivity contribution in [3.05, 3.63) is 0 Å². The van der Waals surface area contributed by atoms with Gasteiger partial charge in [0.2, 0.25) is 0 Å². The Bertz CT molecular complexity index is 205. The van der Waals surface area contributed by atoms with Crippen LogP contribution in [0.25, 0.3) is 0 Å². The third-order valence-corrected chi connectivity index (χ3v) is 3.36. The molecule has 0 spiro atoms. The first kappa shape index (κ1) is 9.00. The first-order chi connectivity index (χ1) is 6.29. The third kappa shape index (κ3) is 1.46. The van der Waals surface area contributed by atoms with Gasteiger partial charge in [0.25, 0.3) is 0 Å². The van der Waals surface area contributed by atoms with Crippen LogP contribution < -0.4 is 5.32 Å². The van der Waals surface area contributed by atoms with Crippen molar-refractivity contribution in [3.8, 4) is 0 Å². The smallest absolute Gasteiger partial charge is 0.313 e. The van der Waals surface area contributed by atoms with Gasteiger partial charge in [-0.05, 0) is 32.2 Å². The van der Waals surface area contributed by atoms with Crippen LogP contribution in [0.3, 0.4) is 0 Å². The van der Waals surface area contributed by atoms with Gasteiger partial charge in [0.05, 0.1) is 12.5 Å². The minimum absolute atomic E-state index is 0.00750. The number of nitrogens with one attached hydrogen (secondary N) is 1. The van der Waals surface area contributed by atoms with E-state index >= 15 is 0 Å². The molecule has 0 aromatic carbocycles. The summed E-state index contributed by atoms with van der Waals surface area (Å²) >= 11 is 0. The Morgan fingerprint density at radius 1 is 1.46 bits per heavy atom. The monoisotopic (exact) mass is 183 g/mol. The first-order valence-electron chi connectivity index (χ1n) is 5.11. The molecule has 1 aliphatic heterocycles. The molecule has 1 N–H and O–H groups in total. The summed E-state index contributed by atoms with van der Waals surface area (Å²) in [7, 11) is 1.49. The van der Waals surface area contributed by atoms with Gasteiger partial charge in [-0.15, -0.1) is 0 Å². The van der Waals surface area contributed by atoms with E-state index in [1.807, 2.05) is 0 Å². The van der Waals surface area contributed by atoms with Gasteiger partial charge in [0.15, 0.2) is 0 Å². The van der Waals surface area contributed by atoms with Crippen molar-refractivity contribution in [1.29, 1.82) is 0 Å². The van der Waals surface area contributed by atoms with Crippen LogP contribution in [0.4, 0.5) is 0 Å². The molecular formula is C10H17NO2. The molecule has 1 atom stereocenters. The average molecular weight is 183 g/mol. The van der Waals surface area contributed by atoms with Gasteiger partial charge in [-0.3, -0.25) is 4.79 Å². The lowest BCUT2D eigenvalue weighted by molar-refractivity contribution is -0.148. The Morgan fingerprint density at radius 2 is 2.23 bits per heavy atom. The van der Waals surface area contributed by atoms with E-state index in [1.165, 1.54) is 20.0 Å². The number of hydrogen-bond donors (Lipinski definition) is 1. The quantitative estimate of drug-likeness (QED) is 0.651. The second kappa shape index (κ2) is 3.29. The highest BCUT2D eigenvalue weighted by molar-refractivity contribution is 5.80.